The Morgan fingerprint density at radius 3 is 2.62 bits per heavy atom. The van der Waals surface area contributed by atoms with Crippen LogP contribution in [0.25, 0.3) is 16.9 Å². The molecule has 212 valence electrons. The van der Waals surface area contributed by atoms with Crippen LogP contribution in [0.15, 0.2) is 95.6 Å². The van der Waals surface area contributed by atoms with E-state index in [9.17, 15) is 9.59 Å². The fourth-order valence-corrected chi connectivity index (χ4v) is 6.58. The maximum Gasteiger partial charge on any atom is 0.240 e. The number of anilines is 1. The molecule has 0 aliphatic carbocycles. The number of fused-ring (bicyclic) bond motifs is 1. The summed E-state index contributed by atoms with van der Waals surface area (Å²) in [7, 11) is 0. The minimum Gasteiger partial charge on any atom is -0.467 e. The molecule has 1 unspecified atom stereocenters. The third-order valence-corrected chi connectivity index (χ3v) is 8.92. The molecular weight excluding hydrogens is 568 g/mol. The number of carbonyl (C=O) groups is 2. The predicted octanol–water partition coefficient (Wildman–Crippen LogP) is 6.89. The average Bonchev–Trinajstić information content (AvgIpc) is 3.63. The van der Waals surface area contributed by atoms with Gasteiger partial charge in [0, 0.05) is 16.1 Å². The van der Waals surface area contributed by atoms with Gasteiger partial charge >= 0.3 is 0 Å². The molecule has 1 atom stereocenters. The second-order valence-corrected chi connectivity index (χ2v) is 11.7. The van der Waals surface area contributed by atoms with E-state index < -0.39 is 0 Å². The molecule has 6 rings (SSSR count). The molecule has 7 nitrogen and oxygen atoms in total. The lowest BCUT2D eigenvalue weighted by atomic mass is 9.99. The number of benzene rings is 3. The van der Waals surface area contributed by atoms with Gasteiger partial charge in [0.05, 0.1) is 35.2 Å². The Morgan fingerprint density at radius 2 is 1.86 bits per heavy atom. The Morgan fingerprint density at radius 1 is 1.05 bits per heavy atom. The van der Waals surface area contributed by atoms with Crippen LogP contribution in [0.5, 0.6) is 0 Å². The quantitative estimate of drug-likeness (QED) is 0.221. The topological polar surface area (TPSA) is 80.4 Å². The lowest BCUT2D eigenvalue weighted by Crippen LogP contribution is -2.42. The van der Waals surface area contributed by atoms with Gasteiger partial charge in [-0.15, -0.1) is 11.8 Å². The number of hydrogen-bond donors (Lipinski definition) is 1. The van der Waals surface area contributed by atoms with Crippen LogP contribution in [0.1, 0.15) is 33.3 Å². The molecule has 42 heavy (non-hydrogen) atoms. The summed E-state index contributed by atoms with van der Waals surface area (Å²) < 4.78 is 7.21. The van der Waals surface area contributed by atoms with E-state index in [1.807, 2.05) is 78.3 Å². The van der Waals surface area contributed by atoms with Gasteiger partial charge in [0.2, 0.25) is 11.8 Å². The maximum atomic E-state index is 13.9. The van der Waals surface area contributed by atoms with E-state index >= 15 is 0 Å². The SMILES string of the molecule is Cc1cccc(-n2nc(-c3ccccc3)c3c2N(CC(=O)NCc2ccco2)C(=O)CSC3c2cccc(Cl)c2)c1C. The first kappa shape index (κ1) is 27.9. The number of rotatable bonds is 7. The number of aryl methyl sites for hydroxylation is 1. The summed E-state index contributed by atoms with van der Waals surface area (Å²) in [4.78, 5) is 28.8. The van der Waals surface area contributed by atoms with E-state index in [2.05, 4.69) is 18.3 Å². The predicted molar refractivity (Wildman–Crippen MR) is 167 cm³/mol. The molecule has 1 N–H and O–H groups in total. The third kappa shape index (κ3) is 5.47. The van der Waals surface area contributed by atoms with Crippen LogP contribution >= 0.6 is 23.4 Å². The molecule has 2 amide bonds. The fraction of sp³-hybridized carbons (Fsp3) is 0.182. The van der Waals surface area contributed by atoms with Crippen molar-refractivity contribution in [2.45, 2.75) is 25.6 Å². The van der Waals surface area contributed by atoms with E-state index in [1.165, 1.54) is 11.8 Å². The first-order valence-electron chi connectivity index (χ1n) is 13.6. The number of nitrogens with one attached hydrogen (secondary N) is 1. The van der Waals surface area contributed by atoms with Gasteiger partial charge in [0.25, 0.3) is 0 Å². The van der Waals surface area contributed by atoms with Crippen LogP contribution in [-0.4, -0.2) is 33.9 Å². The zero-order chi connectivity index (χ0) is 29.2. The third-order valence-electron chi connectivity index (χ3n) is 7.43. The molecule has 0 saturated heterocycles. The van der Waals surface area contributed by atoms with Gasteiger partial charge in [-0.25, -0.2) is 4.68 Å². The van der Waals surface area contributed by atoms with Gasteiger partial charge in [0.15, 0.2) is 0 Å². The zero-order valence-corrected chi connectivity index (χ0v) is 24.8. The second-order valence-electron chi connectivity index (χ2n) is 10.2. The van der Waals surface area contributed by atoms with Crippen molar-refractivity contribution in [2.24, 2.45) is 0 Å². The summed E-state index contributed by atoms with van der Waals surface area (Å²) in [6, 6.07) is 27.3. The van der Waals surface area contributed by atoms with E-state index in [0.717, 1.165) is 39.2 Å². The molecule has 5 aromatic rings. The van der Waals surface area contributed by atoms with Crippen LogP contribution in [0.2, 0.25) is 5.02 Å². The molecule has 0 spiro atoms. The van der Waals surface area contributed by atoms with Crippen molar-refractivity contribution in [3.63, 3.8) is 0 Å². The van der Waals surface area contributed by atoms with Crippen LogP contribution in [0, 0.1) is 13.8 Å². The van der Waals surface area contributed by atoms with Crippen molar-refractivity contribution < 1.29 is 14.0 Å². The van der Waals surface area contributed by atoms with E-state index in [4.69, 9.17) is 21.1 Å². The maximum absolute atomic E-state index is 13.9. The largest absolute Gasteiger partial charge is 0.467 e. The number of halogens is 1. The summed E-state index contributed by atoms with van der Waals surface area (Å²) in [6.07, 6.45) is 1.56. The first-order chi connectivity index (χ1) is 20.4. The number of thioether (sulfide) groups is 1. The molecule has 1 aliphatic heterocycles. The Labute approximate surface area is 253 Å². The normalized spacial score (nSPS) is 14.9. The minimum absolute atomic E-state index is 0.167. The highest BCUT2D eigenvalue weighted by molar-refractivity contribution is 8.00. The zero-order valence-electron chi connectivity index (χ0n) is 23.2. The van der Waals surface area contributed by atoms with Gasteiger partial charge in [-0.3, -0.25) is 14.5 Å². The average molecular weight is 597 g/mol. The molecule has 3 aromatic carbocycles. The molecule has 2 aromatic heterocycles. The first-order valence-corrected chi connectivity index (χ1v) is 15.0. The minimum atomic E-state index is -0.299. The highest BCUT2D eigenvalue weighted by Gasteiger charge is 2.38. The molecular formula is C33H29ClN4O3S. The standard InChI is InChI=1S/C33H29ClN4O3S/c1-21-9-6-15-27(22(21)2)38-33-30(31(36-38)23-10-4-3-5-11-23)32(24-12-7-13-25(34)17-24)42-20-29(40)37(33)19-28(39)35-18-26-14-8-16-41-26/h3-17,32H,18-20H2,1-2H3,(H,35,39). The number of nitrogens with zero attached hydrogens (tertiary/aromatic N) is 3. The van der Waals surface area contributed by atoms with Crippen molar-refractivity contribution in [3.05, 3.63) is 124 Å². The Balaban J connectivity index is 1.57. The van der Waals surface area contributed by atoms with Crippen LogP contribution in [0.4, 0.5) is 5.82 Å². The van der Waals surface area contributed by atoms with Crippen LogP contribution in [0.3, 0.4) is 0 Å². The molecule has 0 bridgehead atoms. The highest BCUT2D eigenvalue weighted by atomic mass is 35.5. The van der Waals surface area contributed by atoms with E-state index in [-0.39, 0.29) is 35.9 Å². The Hall–Kier alpha value is -4.27. The van der Waals surface area contributed by atoms with Crippen molar-refractivity contribution in [3.8, 4) is 16.9 Å². The van der Waals surface area contributed by atoms with Crippen molar-refractivity contribution in [1.29, 1.82) is 0 Å². The van der Waals surface area contributed by atoms with Gasteiger partial charge in [0.1, 0.15) is 18.1 Å². The molecule has 0 fully saturated rings. The molecule has 1 aliphatic rings. The smallest absolute Gasteiger partial charge is 0.240 e. The number of hydrogen-bond acceptors (Lipinski definition) is 5. The monoisotopic (exact) mass is 596 g/mol. The van der Waals surface area contributed by atoms with Gasteiger partial charge in [-0.1, -0.05) is 66.2 Å². The lowest BCUT2D eigenvalue weighted by molar-refractivity contribution is -0.123. The fourth-order valence-electron chi connectivity index (χ4n) is 5.19. The van der Waals surface area contributed by atoms with Crippen molar-refractivity contribution >= 4 is 41.0 Å². The summed E-state index contributed by atoms with van der Waals surface area (Å²) >= 11 is 7.98. The van der Waals surface area contributed by atoms with Crippen LogP contribution in [-0.2, 0) is 16.1 Å². The van der Waals surface area contributed by atoms with Gasteiger partial charge in [-0.05, 0) is 60.9 Å². The molecule has 0 radical (unpaired) electrons. The van der Waals surface area contributed by atoms with E-state index in [0.29, 0.717) is 16.6 Å². The lowest BCUT2D eigenvalue weighted by Gasteiger charge is -2.24. The Bertz CT molecular complexity index is 1750. The molecule has 0 saturated carbocycles. The van der Waals surface area contributed by atoms with Crippen molar-refractivity contribution in [2.75, 3.05) is 17.2 Å². The van der Waals surface area contributed by atoms with E-state index in [1.54, 1.807) is 23.3 Å². The summed E-state index contributed by atoms with van der Waals surface area (Å²) in [5, 5.41) is 8.43. The molecule has 9 heteroatoms. The van der Waals surface area contributed by atoms with Crippen LogP contribution < -0.4 is 10.2 Å². The number of furan rings is 1. The highest BCUT2D eigenvalue weighted by Crippen LogP contribution is 2.49. The number of aromatic nitrogens is 2. The summed E-state index contributed by atoms with van der Waals surface area (Å²) in [5.74, 6) is 0.917. The number of amides is 2. The van der Waals surface area contributed by atoms with Gasteiger partial charge < -0.3 is 9.73 Å². The molecule has 3 heterocycles. The Kier molecular flexibility index (Phi) is 7.91. The summed E-state index contributed by atoms with van der Waals surface area (Å²) in [5.41, 5.74) is 6.47. The van der Waals surface area contributed by atoms with Gasteiger partial charge in [-0.2, -0.15) is 5.10 Å². The number of carbonyl (C=O) groups excluding carboxylic acids is 2. The van der Waals surface area contributed by atoms with Crippen molar-refractivity contribution in [1.82, 2.24) is 15.1 Å². The second kappa shape index (κ2) is 11.9. The summed E-state index contributed by atoms with van der Waals surface area (Å²) in [6.45, 7) is 4.16.